The Morgan fingerprint density at radius 3 is 2.52 bits per heavy atom. The summed E-state index contributed by atoms with van der Waals surface area (Å²) in [6.45, 7) is 11.6. The summed E-state index contributed by atoms with van der Waals surface area (Å²) in [6.07, 6.45) is 1.79. The maximum absolute atomic E-state index is 13.9. The number of piperidine rings is 1. The molecule has 254 valence electrons. The summed E-state index contributed by atoms with van der Waals surface area (Å²) in [7, 11) is 5.03. The van der Waals surface area contributed by atoms with Crippen LogP contribution in [-0.4, -0.2) is 89.0 Å². The second-order valence-corrected chi connectivity index (χ2v) is 13.5. The Balaban J connectivity index is 1.64. The number of anilines is 1. The zero-order valence-electron chi connectivity index (χ0n) is 28.7. The molecule has 0 aromatic heterocycles. The number of hydrogen-bond donors (Lipinski definition) is 2. The fourth-order valence-electron chi connectivity index (χ4n) is 6.62. The van der Waals surface area contributed by atoms with Crippen molar-refractivity contribution in [3.63, 3.8) is 0 Å². The van der Waals surface area contributed by atoms with Crippen LogP contribution in [0.15, 0.2) is 42.5 Å². The zero-order valence-corrected chi connectivity index (χ0v) is 28.7. The fourth-order valence-corrected chi connectivity index (χ4v) is 6.62. The average molecular weight is 639 g/mol. The van der Waals surface area contributed by atoms with E-state index in [1.165, 1.54) is 0 Å². The minimum Gasteiger partial charge on any atom is -0.497 e. The van der Waals surface area contributed by atoms with Crippen LogP contribution in [0.1, 0.15) is 64.0 Å². The molecule has 1 fully saturated rings. The quantitative estimate of drug-likeness (QED) is 0.294. The highest BCUT2D eigenvalue weighted by Gasteiger charge is 2.44. The van der Waals surface area contributed by atoms with Crippen molar-refractivity contribution in [2.45, 2.75) is 77.7 Å². The second-order valence-electron chi connectivity index (χ2n) is 13.5. The lowest BCUT2D eigenvalue weighted by Gasteiger charge is -2.47. The van der Waals surface area contributed by atoms with Crippen LogP contribution in [0.25, 0.3) is 0 Å². The molecule has 0 spiro atoms. The molecular weight excluding hydrogens is 584 g/mol. The Morgan fingerprint density at radius 2 is 1.87 bits per heavy atom. The molecule has 4 atom stereocenters. The van der Waals surface area contributed by atoms with E-state index in [9.17, 15) is 9.59 Å². The fraction of sp³-hybridized carbons (Fsp3) is 0.611. The van der Waals surface area contributed by atoms with Gasteiger partial charge in [-0.1, -0.05) is 45.9 Å². The number of hydrogen-bond acceptors (Lipinski definition) is 8. The molecule has 10 heteroatoms. The summed E-state index contributed by atoms with van der Waals surface area (Å²) in [4.78, 5) is 31.0. The molecule has 0 saturated carbocycles. The van der Waals surface area contributed by atoms with E-state index < -0.39 is 11.5 Å². The Labute approximate surface area is 274 Å². The second kappa shape index (κ2) is 16.0. The van der Waals surface area contributed by atoms with E-state index in [1.54, 1.807) is 21.3 Å². The van der Waals surface area contributed by atoms with E-state index in [0.717, 1.165) is 47.8 Å². The monoisotopic (exact) mass is 638 g/mol. The van der Waals surface area contributed by atoms with Gasteiger partial charge in [-0.3, -0.25) is 9.59 Å². The van der Waals surface area contributed by atoms with Crippen LogP contribution in [0.3, 0.4) is 0 Å². The molecule has 2 aliphatic rings. The lowest BCUT2D eigenvalue weighted by atomic mass is 9.76. The lowest BCUT2D eigenvalue weighted by molar-refractivity contribution is -0.146. The van der Waals surface area contributed by atoms with Crippen LogP contribution in [-0.2, 0) is 25.7 Å². The topological polar surface area (TPSA) is 116 Å². The summed E-state index contributed by atoms with van der Waals surface area (Å²) in [6, 6.07) is 13.5. The molecule has 0 aliphatic carbocycles. The Bertz CT molecular complexity index is 1300. The number of benzene rings is 2. The first kappa shape index (κ1) is 35.5. The molecule has 46 heavy (non-hydrogen) atoms. The number of carbonyl (C=O) groups is 2. The van der Waals surface area contributed by atoms with E-state index in [1.807, 2.05) is 50.8 Å². The predicted molar refractivity (Wildman–Crippen MR) is 180 cm³/mol. The maximum atomic E-state index is 13.9. The molecule has 2 heterocycles. The van der Waals surface area contributed by atoms with E-state index in [-0.39, 0.29) is 35.8 Å². The van der Waals surface area contributed by atoms with Gasteiger partial charge in [0.25, 0.3) is 0 Å². The number of amides is 2. The van der Waals surface area contributed by atoms with Crippen molar-refractivity contribution in [2.75, 3.05) is 59.0 Å². The molecule has 1 unspecified atom stereocenters. The molecule has 4 rings (SSSR count). The number of fused-ring (bicyclic) bond motifs is 1. The molecule has 0 radical (unpaired) electrons. The molecule has 2 amide bonds. The Kier molecular flexibility index (Phi) is 12.3. The van der Waals surface area contributed by atoms with Gasteiger partial charge in [0.05, 0.1) is 38.1 Å². The van der Waals surface area contributed by atoms with Gasteiger partial charge in [0, 0.05) is 51.2 Å². The van der Waals surface area contributed by atoms with Gasteiger partial charge in [-0.05, 0) is 60.6 Å². The third-order valence-corrected chi connectivity index (χ3v) is 9.43. The number of likely N-dealkylation sites (tertiary alicyclic amines) is 1. The third-order valence-electron chi connectivity index (χ3n) is 9.43. The largest absolute Gasteiger partial charge is 0.497 e. The van der Waals surface area contributed by atoms with Gasteiger partial charge in [0.1, 0.15) is 18.1 Å². The summed E-state index contributed by atoms with van der Waals surface area (Å²) in [5.74, 6) is 1.46. The highest BCUT2D eigenvalue weighted by Crippen LogP contribution is 2.40. The van der Waals surface area contributed by atoms with Gasteiger partial charge < -0.3 is 39.8 Å². The number of carbonyl (C=O) groups excluding carboxylic acids is 2. The van der Waals surface area contributed by atoms with E-state index >= 15 is 0 Å². The first-order valence-corrected chi connectivity index (χ1v) is 16.5. The number of nitrogens with one attached hydrogen (secondary N) is 1. The van der Waals surface area contributed by atoms with Gasteiger partial charge in [0.15, 0.2) is 0 Å². The van der Waals surface area contributed by atoms with Crippen molar-refractivity contribution >= 4 is 17.5 Å². The first-order chi connectivity index (χ1) is 22.0. The predicted octanol–water partition coefficient (Wildman–Crippen LogP) is 4.35. The number of nitrogens with two attached hydrogens (primary N) is 1. The summed E-state index contributed by atoms with van der Waals surface area (Å²) >= 11 is 0. The van der Waals surface area contributed by atoms with Crippen molar-refractivity contribution in [1.29, 1.82) is 0 Å². The van der Waals surface area contributed by atoms with Gasteiger partial charge >= 0.3 is 0 Å². The van der Waals surface area contributed by atoms with Crippen LogP contribution in [0.2, 0.25) is 0 Å². The Hall–Kier alpha value is -3.34. The molecule has 2 aromatic carbocycles. The van der Waals surface area contributed by atoms with Crippen molar-refractivity contribution in [1.82, 2.24) is 10.2 Å². The lowest BCUT2D eigenvalue weighted by Crippen LogP contribution is -2.58. The van der Waals surface area contributed by atoms with E-state index in [2.05, 4.69) is 34.5 Å². The molecule has 0 bridgehead atoms. The van der Waals surface area contributed by atoms with Crippen LogP contribution >= 0.6 is 0 Å². The van der Waals surface area contributed by atoms with Crippen molar-refractivity contribution in [3.8, 4) is 11.5 Å². The SMILES string of the molecule is CNC(=O)C(C)(C)C[C@@H]1C[C@H](c2ccc(OC)cc2)[C@@H](OCc2ccc3c(c2)N(CCCOC)CCO3)CN1C(=O)C(N)C(C)C. The molecule has 1 saturated heterocycles. The van der Waals surface area contributed by atoms with Crippen LogP contribution in [0.4, 0.5) is 5.69 Å². The third kappa shape index (κ3) is 8.52. The highest BCUT2D eigenvalue weighted by atomic mass is 16.5. The molecule has 10 nitrogen and oxygen atoms in total. The summed E-state index contributed by atoms with van der Waals surface area (Å²) < 4.78 is 23.4. The van der Waals surface area contributed by atoms with E-state index in [0.29, 0.717) is 39.2 Å². The number of methoxy groups -OCH3 is 2. The number of nitrogens with zero attached hydrogens (tertiary/aromatic N) is 2. The molecule has 3 N–H and O–H groups in total. The van der Waals surface area contributed by atoms with Gasteiger partial charge in [-0.15, -0.1) is 0 Å². The van der Waals surface area contributed by atoms with Crippen molar-refractivity contribution in [2.24, 2.45) is 17.1 Å². The molecular formula is C36H54N4O6. The van der Waals surface area contributed by atoms with Gasteiger partial charge in [-0.2, -0.15) is 0 Å². The van der Waals surface area contributed by atoms with Crippen molar-refractivity contribution < 1.29 is 28.5 Å². The average Bonchev–Trinajstić information content (AvgIpc) is 3.06. The smallest absolute Gasteiger partial charge is 0.240 e. The maximum Gasteiger partial charge on any atom is 0.240 e. The van der Waals surface area contributed by atoms with Crippen molar-refractivity contribution in [3.05, 3.63) is 53.6 Å². The standard InChI is InChI=1S/C36H54N4O6/c1-24(2)33(37)34(41)40-22-32(46-23-25-9-14-31-30(19-25)39(16-18-45-31)15-8-17-43-6)29(26-10-12-28(44-7)13-11-26)20-27(40)21-36(3,4)35(42)38-5/h9-14,19,24,27,29,32-33H,8,15-18,20-23,37H2,1-7H3,(H,38,42)/t27-,29+,32-,33?/m0/s1. The number of ether oxygens (including phenoxy) is 4. The van der Waals surface area contributed by atoms with Crippen LogP contribution < -0.4 is 25.4 Å². The summed E-state index contributed by atoms with van der Waals surface area (Å²) in [5.41, 5.74) is 8.99. The normalized spacial score (nSPS) is 20.6. The zero-order chi connectivity index (χ0) is 33.4. The Morgan fingerprint density at radius 1 is 1.13 bits per heavy atom. The molecule has 2 aliphatic heterocycles. The van der Waals surface area contributed by atoms with Gasteiger partial charge in [0.2, 0.25) is 11.8 Å². The minimum atomic E-state index is -0.682. The summed E-state index contributed by atoms with van der Waals surface area (Å²) in [5, 5.41) is 2.80. The highest BCUT2D eigenvalue weighted by molar-refractivity contribution is 5.83. The van der Waals surface area contributed by atoms with Crippen LogP contribution in [0, 0.1) is 11.3 Å². The van der Waals surface area contributed by atoms with Crippen LogP contribution in [0.5, 0.6) is 11.5 Å². The minimum absolute atomic E-state index is 0.0118. The molecule has 2 aromatic rings. The first-order valence-electron chi connectivity index (χ1n) is 16.5. The van der Waals surface area contributed by atoms with Gasteiger partial charge in [-0.25, -0.2) is 0 Å². The number of rotatable bonds is 14. The van der Waals surface area contributed by atoms with E-state index in [4.69, 9.17) is 24.7 Å².